The number of ether oxygens (including phenoxy) is 4. The van der Waals surface area contributed by atoms with Gasteiger partial charge in [0, 0.05) is 7.11 Å². The molecule has 1 aliphatic carbocycles. The lowest BCUT2D eigenvalue weighted by molar-refractivity contribution is -0.164. The summed E-state index contributed by atoms with van der Waals surface area (Å²) in [6.07, 6.45) is 2.58. The molecule has 3 saturated heterocycles. The quantitative estimate of drug-likeness (QED) is 0.513. The minimum absolute atomic E-state index is 0.0451. The number of hydrogen-bond acceptors (Lipinski definition) is 6. The third kappa shape index (κ3) is 3.50. The monoisotopic (exact) mass is 427 g/mol. The molecule has 4 fully saturated rings. The molecule has 1 amide bonds. The van der Waals surface area contributed by atoms with Crippen LogP contribution in [0.2, 0.25) is 0 Å². The average molecular weight is 427 g/mol. The van der Waals surface area contributed by atoms with Gasteiger partial charge in [-0.25, -0.2) is 14.0 Å². The van der Waals surface area contributed by atoms with Crippen molar-refractivity contribution >= 4 is 12.1 Å². The summed E-state index contributed by atoms with van der Waals surface area (Å²) in [6.45, 7) is 5.76. The fourth-order valence-corrected chi connectivity index (χ4v) is 5.10. The van der Waals surface area contributed by atoms with Gasteiger partial charge in [-0.2, -0.15) is 0 Å². The topological polar surface area (TPSA) is 101 Å². The largest absolute Gasteiger partial charge is 0.479 e. The Morgan fingerprint density at radius 3 is 2.53 bits per heavy atom. The van der Waals surface area contributed by atoms with Crippen LogP contribution in [-0.2, 0) is 23.7 Å². The Morgan fingerprint density at radius 1 is 1.33 bits per heavy atom. The smallest absolute Gasteiger partial charge is 0.410 e. The van der Waals surface area contributed by atoms with E-state index in [2.05, 4.69) is 13.0 Å². The number of nitrogens with zero attached hydrogens (tertiary/aromatic N) is 1. The van der Waals surface area contributed by atoms with E-state index in [-0.39, 0.29) is 17.6 Å². The summed E-state index contributed by atoms with van der Waals surface area (Å²) in [4.78, 5) is 24.5. The number of hydrogen-bond donors (Lipinski definition) is 1. The molecule has 168 valence electrons. The molecule has 0 aromatic rings. The number of carboxylic acids is 1. The highest BCUT2D eigenvalue weighted by atomic mass is 19.1. The number of allylic oxidation sites excluding steroid dienone is 1. The zero-order chi connectivity index (χ0) is 21.9. The molecule has 4 aliphatic rings. The normalized spacial score (nSPS) is 41.0. The second-order valence-electron chi connectivity index (χ2n) is 9.43. The highest BCUT2D eigenvalue weighted by Gasteiger charge is 2.72. The van der Waals surface area contributed by atoms with Crippen molar-refractivity contribution < 1.29 is 38.0 Å². The van der Waals surface area contributed by atoms with Gasteiger partial charge in [-0.05, 0) is 40.0 Å². The van der Waals surface area contributed by atoms with Gasteiger partial charge in [0.1, 0.15) is 23.4 Å². The molecule has 3 heterocycles. The summed E-state index contributed by atoms with van der Waals surface area (Å²) in [5.74, 6) is -1.67. The Kier molecular flexibility index (Phi) is 5.14. The van der Waals surface area contributed by atoms with Gasteiger partial charge in [-0.15, -0.1) is 0 Å². The molecule has 8 nitrogen and oxygen atoms in total. The number of alkyl halides is 1. The van der Waals surface area contributed by atoms with Crippen molar-refractivity contribution in [3.8, 4) is 0 Å². The van der Waals surface area contributed by atoms with Gasteiger partial charge in [-0.1, -0.05) is 11.6 Å². The molecular formula is C21H30FNO7. The van der Waals surface area contributed by atoms with Gasteiger partial charge in [0.05, 0.1) is 31.7 Å². The van der Waals surface area contributed by atoms with E-state index < -0.39 is 48.6 Å². The summed E-state index contributed by atoms with van der Waals surface area (Å²) >= 11 is 0. The lowest BCUT2D eigenvalue weighted by atomic mass is 9.68. The van der Waals surface area contributed by atoms with Crippen molar-refractivity contribution in [3.05, 3.63) is 11.6 Å². The van der Waals surface area contributed by atoms with Gasteiger partial charge in [0.25, 0.3) is 0 Å². The molecule has 30 heavy (non-hydrogen) atoms. The van der Waals surface area contributed by atoms with E-state index in [0.29, 0.717) is 19.4 Å². The number of aliphatic carboxylic acids is 1. The number of halogens is 1. The van der Waals surface area contributed by atoms with Crippen LogP contribution in [-0.4, -0.2) is 84.1 Å². The first-order valence-corrected chi connectivity index (χ1v) is 10.4. The van der Waals surface area contributed by atoms with Crippen molar-refractivity contribution in [2.45, 2.75) is 75.2 Å². The second kappa shape index (κ2) is 7.17. The molecule has 6 atom stereocenters. The predicted octanol–water partition coefficient (Wildman–Crippen LogP) is 2.31. The molecule has 3 aliphatic heterocycles. The van der Waals surface area contributed by atoms with Crippen LogP contribution in [0.4, 0.5) is 9.18 Å². The van der Waals surface area contributed by atoms with E-state index in [0.717, 1.165) is 11.3 Å². The van der Waals surface area contributed by atoms with Crippen molar-refractivity contribution in [2.75, 3.05) is 26.8 Å². The van der Waals surface area contributed by atoms with E-state index in [4.69, 9.17) is 24.1 Å². The number of methoxy groups -OCH3 is 1. The first-order chi connectivity index (χ1) is 14.0. The molecule has 9 heteroatoms. The second-order valence-corrected chi connectivity index (χ2v) is 9.43. The summed E-state index contributed by atoms with van der Waals surface area (Å²) in [6, 6.07) is 0. The first kappa shape index (κ1) is 21.5. The van der Waals surface area contributed by atoms with Gasteiger partial charge in [-0.3, -0.25) is 0 Å². The standard InChI is InChI=1S/C21H30FNO7/c1-12(2)5-6-14-19(3,30-14)16-15(27-4)13(7-8-21(16)11-28-21)29-18(26)23-9-20(22,10-23)17(24)25/h5,13-16H,6-11H2,1-4H3,(H,24,25)/t13-,14?,15-,16-,19+,21+/m1/s1. The van der Waals surface area contributed by atoms with E-state index in [1.165, 1.54) is 5.57 Å². The molecule has 0 aromatic heterocycles. The van der Waals surface area contributed by atoms with Crippen LogP contribution in [0, 0.1) is 5.92 Å². The predicted molar refractivity (Wildman–Crippen MR) is 103 cm³/mol. The number of amides is 1. The van der Waals surface area contributed by atoms with Gasteiger partial charge in [0.2, 0.25) is 5.67 Å². The molecule has 1 saturated carbocycles. The fraction of sp³-hybridized carbons (Fsp3) is 0.810. The molecule has 1 unspecified atom stereocenters. The van der Waals surface area contributed by atoms with Crippen LogP contribution >= 0.6 is 0 Å². The number of carbonyl (C=O) groups excluding carboxylic acids is 1. The van der Waals surface area contributed by atoms with Crippen LogP contribution in [0.1, 0.15) is 40.0 Å². The maximum atomic E-state index is 14.0. The lowest BCUT2D eigenvalue weighted by Crippen LogP contribution is -2.65. The van der Waals surface area contributed by atoms with E-state index in [1.54, 1.807) is 7.11 Å². The highest BCUT2D eigenvalue weighted by Crippen LogP contribution is 2.59. The average Bonchev–Trinajstić information content (AvgIpc) is 3.56. The van der Waals surface area contributed by atoms with Crippen molar-refractivity contribution in [1.82, 2.24) is 4.90 Å². The van der Waals surface area contributed by atoms with Gasteiger partial charge >= 0.3 is 12.1 Å². The Morgan fingerprint density at radius 2 is 2.00 bits per heavy atom. The number of rotatable bonds is 6. The highest BCUT2D eigenvalue weighted by molar-refractivity contribution is 5.83. The van der Waals surface area contributed by atoms with Crippen LogP contribution in [0.25, 0.3) is 0 Å². The molecule has 0 radical (unpaired) electrons. The molecule has 1 N–H and O–H groups in total. The summed E-state index contributed by atoms with van der Waals surface area (Å²) in [5.41, 5.74) is -1.94. The first-order valence-electron chi connectivity index (χ1n) is 10.4. The van der Waals surface area contributed by atoms with Crippen LogP contribution < -0.4 is 0 Å². The van der Waals surface area contributed by atoms with Crippen molar-refractivity contribution in [1.29, 1.82) is 0 Å². The Bertz CT molecular complexity index is 756. The Balaban J connectivity index is 1.44. The number of carbonyl (C=O) groups is 2. The molecule has 4 rings (SSSR count). The molecule has 1 spiro atoms. The fourth-order valence-electron chi connectivity index (χ4n) is 5.10. The van der Waals surface area contributed by atoms with Crippen LogP contribution in [0.15, 0.2) is 11.6 Å². The zero-order valence-electron chi connectivity index (χ0n) is 17.9. The maximum absolute atomic E-state index is 14.0. The van der Waals surface area contributed by atoms with Gasteiger partial charge < -0.3 is 29.0 Å². The maximum Gasteiger partial charge on any atom is 0.410 e. The van der Waals surface area contributed by atoms with Crippen LogP contribution in [0.5, 0.6) is 0 Å². The summed E-state index contributed by atoms with van der Waals surface area (Å²) in [5, 5.41) is 8.89. The molecule has 0 aromatic carbocycles. The van der Waals surface area contributed by atoms with E-state index >= 15 is 0 Å². The third-order valence-corrected chi connectivity index (χ3v) is 7.01. The zero-order valence-corrected chi connectivity index (χ0v) is 17.9. The number of epoxide rings is 2. The molecular weight excluding hydrogens is 397 g/mol. The Labute approximate surface area is 175 Å². The lowest BCUT2D eigenvalue weighted by Gasteiger charge is -2.45. The van der Waals surface area contributed by atoms with Crippen molar-refractivity contribution in [2.24, 2.45) is 5.92 Å². The van der Waals surface area contributed by atoms with E-state index in [9.17, 15) is 14.0 Å². The third-order valence-electron chi connectivity index (χ3n) is 7.01. The van der Waals surface area contributed by atoms with E-state index in [1.807, 2.05) is 13.8 Å². The number of likely N-dealkylation sites (tertiary alicyclic amines) is 1. The minimum Gasteiger partial charge on any atom is -0.479 e. The summed E-state index contributed by atoms with van der Waals surface area (Å²) in [7, 11) is 1.58. The van der Waals surface area contributed by atoms with Crippen LogP contribution in [0.3, 0.4) is 0 Å². The Hall–Kier alpha value is -1.71. The van der Waals surface area contributed by atoms with Crippen molar-refractivity contribution in [3.63, 3.8) is 0 Å². The van der Waals surface area contributed by atoms with Gasteiger partial charge in [0.15, 0.2) is 0 Å². The minimum atomic E-state index is -2.39. The number of carboxylic acid groups (broad SMARTS) is 1. The molecule has 0 bridgehead atoms. The SMILES string of the molecule is CO[C@@H]1[C@H](OC(=O)N2CC(F)(C(=O)O)C2)CC[C@]2(CO2)[C@H]1[C@@]1(C)OC1CC=C(C)C. The summed E-state index contributed by atoms with van der Waals surface area (Å²) < 4.78 is 37.4.